The number of aliphatic hydroxyl groups is 1. The molecule has 0 aromatic carbocycles. The van der Waals surface area contributed by atoms with Crippen LogP contribution in [-0.4, -0.2) is 52.9 Å². The molecule has 0 aliphatic carbocycles. The summed E-state index contributed by atoms with van der Waals surface area (Å²) in [5, 5.41) is 14.9. The van der Waals surface area contributed by atoms with Crippen molar-refractivity contribution in [2.45, 2.75) is 12.2 Å². The molecule has 1 rings (SSSR count). The summed E-state index contributed by atoms with van der Waals surface area (Å²) >= 11 is 0. The van der Waals surface area contributed by atoms with Gasteiger partial charge in [-0.3, -0.25) is 15.0 Å². The topological polar surface area (TPSA) is 180 Å². The number of nitrogens with two attached hydrogens (primary N) is 2. The van der Waals surface area contributed by atoms with E-state index in [1.54, 1.807) is 0 Å². The number of nitrogens with zero attached hydrogens (tertiary/aromatic N) is 1. The zero-order valence-corrected chi connectivity index (χ0v) is 9.04. The van der Waals surface area contributed by atoms with E-state index in [0.717, 1.165) is 0 Å². The van der Waals surface area contributed by atoms with Gasteiger partial charge in [-0.2, -0.15) is 0 Å². The highest BCUT2D eigenvalue weighted by Crippen LogP contribution is 2.10. The maximum atomic E-state index is 11.5. The molecule has 1 atom stereocenters. The van der Waals surface area contributed by atoms with Gasteiger partial charge < -0.3 is 27.2 Å². The van der Waals surface area contributed by atoms with E-state index in [-0.39, 0.29) is 0 Å². The van der Waals surface area contributed by atoms with Gasteiger partial charge in [-0.1, -0.05) is 0 Å². The number of nitrogens with one attached hydrogen (secondary N) is 3. The van der Waals surface area contributed by atoms with Crippen molar-refractivity contribution in [2.24, 2.45) is 11.5 Å². The third-order valence-electron chi connectivity index (χ3n) is 2.16. The van der Waals surface area contributed by atoms with E-state index in [9.17, 15) is 19.2 Å². The van der Waals surface area contributed by atoms with E-state index in [1.165, 1.54) is 0 Å². The van der Waals surface area contributed by atoms with Gasteiger partial charge in [0.1, 0.15) is 12.9 Å². The van der Waals surface area contributed by atoms with E-state index in [1.807, 2.05) is 16.0 Å². The molecule has 8 N–H and O–H groups in total. The van der Waals surface area contributed by atoms with Gasteiger partial charge in [0.15, 0.2) is 6.04 Å². The van der Waals surface area contributed by atoms with Gasteiger partial charge in [-0.15, -0.1) is 0 Å². The highest BCUT2D eigenvalue weighted by atomic mass is 16.3. The monoisotopic (exact) mass is 260 g/mol. The van der Waals surface area contributed by atoms with Crippen LogP contribution in [0.4, 0.5) is 14.4 Å². The van der Waals surface area contributed by atoms with Crippen molar-refractivity contribution < 1.29 is 24.3 Å². The van der Waals surface area contributed by atoms with Crippen LogP contribution in [0.1, 0.15) is 0 Å². The normalized spacial score (nSPS) is 18.8. The van der Waals surface area contributed by atoms with E-state index < -0.39 is 42.9 Å². The molecule has 1 saturated heterocycles. The van der Waals surface area contributed by atoms with Gasteiger partial charge in [0.05, 0.1) is 0 Å². The Bertz CT molecular complexity index is 382. The number of imide groups is 1. The van der Waals surface area contributed by atoms with Gasteiger partial charge in [0.25, 0.3) is 5.91 Å². The fraction of sp³-hybridized carbons (Fsp3) is 0.429. The van der Waals surface area contributed by atoms with Gasteiger partial charge in [0, 0.05) is 0 Å². The lowest BCUT2D eigenvalue weighted by Crippen LogP contribution is -2.62. The van der Waals surface area contributed by atoms with Crippen molar-refractivity contribution in [1.82, 2.24) is 20.9 Å². The van der Waals surface area contributed by atoms with Crippen molar-refractivity contribution in [3.05, 3.63) is 0 Å². The molecule has 0 saturated carbocycles. The summed E-state index contributed by atoms with van der Waals surface area (Å²) in [6, 6.07) is -4.30. The molecule has 0 radical (unpaired) electrons. The molecule has 0 aromatic heterocycles. The summed E-state index contributed by atoms with van der Waals surface area (Å²) in [6.45, 7) is -0.792. The van der Waals surface area contributed by atoms with E-state index >= 15 is 0 Å². The number of aliphatic hydroxyl groups excluding tert-OH is 1. The molecule has 1 fully saturated rings. The van der Waals surface area contributed by atoms with Gasteiger partial charge in [-0.05, 0) is 0 Å². The molecule has 7 amide bonds. The Morgan fingerprint density at radius 2 is 1.83 bits per heavy atom. The number of carbonyl (C=O) groups excluding carboxylic acids is 4. The Morgan fingerprint density at radius 1 is 1.33 bits per heavy atom. The zero-order chi connectivity index (χ0) is 13.9. The third-order valence-corrected chi connectivity index (χ3v) is 2.16. The van der Waals surface area contributed by atoms with E-state index in [4.69, 9.17) is 16.6 Å². The van der Waals surface area contributed by atoms with Gasteiger partial charge in [0.2, 0.25) is 0 Å². The van der Waals surface area contributed by atoms with Gasteiger partial charge in [-0.25, -0.2) is 14.4 Å². The number of hydrogen-bond donors (Lipinski definition) is 6. The minimum Gasteiger partial charge on any atom is -0.376 e. The molecule has 11 nitrogen and oxygen atoms in total. The predicted octanol–water partition coefficient (Wildman–Crippen LogP) is -3.48. The van der Waals surface area contributed by atoms with E-state index in [0.29, 0.717) is 4.90 Å². The second kappa shape index (κ2) is 5.18. The molecular formula is C7H12N6O5. The zero-order valence-electron chi connectivity index (χ0n) is 9.04. The first kappa shape index (κ1) is 13.5. The average molecular weight is 260 g/mol. The minimum absolute atomic E-state index is 0.693. The van der Waals surface area contributed by atoms with Crippen LogP contribution in [0.2, 0.25) is 0 Å². The Kier molecular flexibility index (Phi) is 3.89. The van der Waals surface area contributed by atoms with Crippen molar-refractivity contribution in [3.63, 3.8) is 0 Å². The smallest absolute Gasteiger partial charge is 0.326 e. The highest BCUT2D eigenvalue weighted by Gasteiger charge is 2.44. The first-order valence-electron chi connectivity index (χ1n) is 4.71. The van der Waals surface area contributed by atoms with Crippen LogP contribution < -0.4 is 27.4 Å². The van der Waals surface area contributed by atoms with E-state index in [2.05, 4.69) is 0 Å². The first-order valence-corrected chi connectivity index (χ1v) is 4.71. The van der Waals surface area contributed by atoms with Crippen LogP contribution in [0.15, 0.2) is 0 Å². The van der Waals surface area contributed by atoms with Gasteiger partial charge >= 0.3 is 18.1 Å². The maximum Gasteiger partial charge on any atom is 0.326 e. The molecule has 11 heteroatoms. The summed E-state index contributed by atoms with van der Waals surface area (Å²) in [4.78, 5) is 44.9. The lowest BCUT2D eigenvalue weighted by molar-refractivity contribution is -0.123. The lowest BCUT2D eigenvalue weighted by Gasteiger charge is -2.27. The molecule has 100 valence electrons. The van der Waals surface area contributed by atoms with Crippen molar-refractivity contribution in [2.75, 3.05) is 6.73 Å². The Morgan fingerprint density at radius 3 is 2.22 bits per heavy atom. The van der Waals surface area contributed by atoms with Crippen LogP contribution in [0.3, 0.4) is 0 Å². The standard InChI is InChI=1S/C7H12N6O5/c8-5(16)10-3(11-6(9)17)2-4(15)12-7(18)13(2)1-14/h2-3,14H,1H2,(H3,8,10,16)(H3,9,11,17)(H,12,15,18). The second-order valence-electron chi connectivity index (χ2n) is 3.35. The molecule has 0 spiro atoms. The third kappa shape index (κ3) is 2.76. The van der Waals surface area contributed by atoms with Crippen LogP contribution in [0, 0.1) is 0 Å². The fourth-order valence-corrected chi connectivity index (χ4v) is 1.50. The Hall–Kier alpha value is -2.56. The molecule has 0 aromatic rings. The molecule has 1 unspecified atom stereocenters. The summed E-state index contributed by atoms with van der Waals surface area (Å²) in [6.07, 6.45) is -1.35. The summed E-state index contributed by atoms with van der Waals surface area (Å²) in [7, 11) is 0. The number of amides is 7. The summed E-state index contributed by atoms with van der Waals surface area (Å²) in [5.74, 6) is -0.818. The Balaban J connectivity index is 2.94. The van der Waals surface area contributed by atoms with Crippen molar-refractivity contribution in [3.8, 4) is 0 Å². The maximum absolute atomic E-state index is 11.5. The fourth-order valence-electron chi connectivity index (χ4n) is 1.50. The Labute approximate surface area is 100 Å². The average Bonchev–Trinajstić information content (AvgIpc) is 2.50. The van der Waals surface area contributed by atoms with Crippen LogP contribution in [0.5, 0.6) is 0 Å². The number of hydrogen-bond acceptors (Lipinski definition) is 5. The molecule has 1 heterocycles. The molecule has 1 aliphatic rings. The number of carbonyl (C=O) groups is 4. The molecular weight excluding hydrogens is 248 g/mol. The van der Waals surface area contributed by atoms with Crippen LogP contribution in [0.25, 0.3) is 0 Å². The second-order valence-corrected chi connectivity index (χ2v) is 3.35. The minimum atomic E-state index is -1.35. The highest BCUT2D eigenvalue weighted by molar-refractivity contribution is 6.04. The largest absolute Gasteiger partial charge is 0.376 e. The van der Waals surface area contributed by atoms with Crippen molar-refractivity contribution >= 4 is 24.0 Å². The molecule has 1 aliphatic heterocycles. The van der Waals surface area contributed by atoms with Crippen LogP contribution in [-0.2, 0) is 4.79 Å². The predicted molar refractivity (Wildman–Crippen MR) is 55.5 cm³/mol. The number of primary amides is 2. The molecule has 18 heavy (non-hydrogen) atoms. The summed E-state index contributed by atoms with van der Waals surface area (Å²) in [5.41, 5.74) is 9.73. The van der Waals surface area contributed by atoms with Crippen LogP contribution >= 0.6 is 0 Å². The summed E-state index contributed by atoms with van der Waals surface area (Å²) < 4.78 is 0. The SMILES string of the molecule is NC(=O)NC(NC(N)=O)C1C(=O)NC(=O)N1CO. The quantitative estimate of drug-likeness (QED) is 0.226. The number of rotatable bonds is 4. The number of urea groups is 3. The lowest BCUT2D eigenvalue weighted by atomic mass is 10.2. The van der Waals surface area contributed by atoms with Crippen molar-refractivity contribution in [1.29, 1.82) is 0 Å². The first-order chi connectivity index (χ1) is 8.36. The molecule has 0 bridgehead atoms.